The van der Waals surface area contributed by atoms with Gasteiger partial charge in [-0.1, -0.05) is 18.2 Å². The molecule has 0 aliphatic rings. The lowest BCUT2D eigenvalue weighted by Crippen LogP contribution is -2.19. The number of nitrogens with zero attached hydrogens (tertiary/aromatic N) is 4. The molecule has 3 rings (SSSR count). The van der Waals surface area contributed by atoms with Gasteiger partial charge in [0.25, 0.3) is 0 Å². The first-order valence-electron chi connectivity index (χ1n) is 6.94. The molecule has 0 spiro atoms. The summed E-state index contributed by atoms with van der Waals surface area (Å²) in [6.45, 7) is 0.356. The number of hydrogen-bond acceptors (Lipinski definition) is 3. The fraction of sp³-hybridized carbons (Fsp3) is 0.133. The predicted molar refractivity (Wildman–Crippen MR) is 90.8 cm³/mol. The highest BCUT2D eigenvalue weighted by atomic mass is 32.1. The van der Waals surface area contributed by atoms with Crippen LogP contribution < -0.4 is 10.6 Å². The molecule has 2 heterocycles. The van der Waals surface area contributed by atoms with Crippen LogP contribution in [0.3, 0.4) is 0 Å². The van der Waals surface area contributed by atoms with E-state index in [1.165, 1.54) is 6.07 Å². The van der Waals surface area contributed by atoms with E-state index in [9.17, 15) is 4.39 Å². The smallest absolute Gasteiger partial charge is 0.176 e. The maximum absolute atomic E-state index is 13.6. The van der Waals surface area contributed by atoms with Gasteiger partial charge in [-0.2, -0.15) is 10.2 Å². The third-order valence-electron chi connectivity index (χ3n) is 3.14. The van der Waals surface area contributed by atoms with Crippen LogP contribution in [0, 0.1) is 5.82 Å². The number of halogens is 1. The number of thiocarbonyl (C=S) groups is 1. The van der Waals surface area contributed by atoms with Gasteiger partial charge in [0, 0.05) is 31.1 Å². The van der Waals surface area contributed by atoms with E-state index in [1.54, 1.807) is 40.0 Å². The van der Waals surface area contributed by atoms with Crippen molar-refractivity contribution < 1.29 is 4.39 Å². The molecule has 2 aromatic heterocycles. The van der Waals surface area contributed by atoms with Crippen molar-refractivity contribution in [2.24, 2.45) is 7.05 Å². The molecule has 0 bridgehead atoms. The number of anilines is 2. The number of benzene rings is 1. The highest BCUT2D eigenvalue weighted by Gasteiger charge is 2.06. The predicted octanol–water partition coefficient (Wildman–Crippen LogP) is 2.61. The lowest BCUT2D eigenvalue weighted by Gasteiger charge is -2.06. The van der Waals surface area contributed by atoms with Gasteiger partial charge in [-0.15, -0.1) is 0 Å². The van der Waals surface area contributed by atoms with Crippen molar-refractivity contribution in [2.75, 3.05) is 10.6 Å². The molecule has 0 unspecified atom stereocenters. The van der Waals surface area contributed by atoms with Gasteiger partial charge in [-0.25, -0.2) is 4.39 Å². The third-order valence-corrected chi connectivity index (χ3v) is 3.34. The van der Waals surface area contributed by atoms with Gasteiger partial charge in [0.2, 0.25) is 0 Å². The fourth-order valence-electron chi connectivity index (χ4n) is 2.08. The molecule has 0 atom stereocenters. The molecule has 0 aliphatic heterocycles. The van der Waals surface area contributed by atoms with E-state index in [0.717, 1.165) is 5.69 Å². The van der Waals surface area contributed by atoms with E-state index in [4.69, 9.17) is 12.2 Å². The Morgan fingerprint density at radius 2 is 2.09 bits per heavy atom. The second-order valence-electron chi connectivity index (χ2n) is 4.97. The van der Waals surface area contributed by atoms with Crippen molar-refractivity contribution >= 4 is 28.8 Å². The SMILES string of the molecule is Cn1ccc(NC(=S)Nc2cnn(Cc3ccccc3F)c2)n1. The minimum absolute atomic E-state index is 0.246. The van der Waals surface area contributed by atoms with Crippen LogP contribution in [0.2, 0.25) is 0 Å². The first-order valence-corrected chi connectivity index (χ1v) is 7.34. The molecule has 23 heavy (non-hydrogen) atoms. The number of nitrogens with one attached hydrogen (secondary N) is 2. The van der Waals surface area contributed by atoms with Crippen molar-refractivity contribution in [3.63, 3.8) is 0 Å². The van der Waals surface area contributed by atoms with Gasteiger partial charge in [-0.3, -0.25) is 9.36 Å². The molecule has 0 radical (unpaired) electrons. The second kappa shape index (κ2) is 6.57. The summed E-state index contributed by atoms with van der Waals surface area (Å²) in [5.74, 6) is 0.411. The zero-order valence-electron chi connectivity index (χ0n) is 12.4. The lowest BCUT2D eigenvalue weighted by atomic mass is 10.2. The Hall–Kier alpha value is -2.74. The molecule has 1 aromatic carbocycles. The van der Waals surface area contributed by atoms with E-state index in [-0.39, 0.29) is 5.82 Å². The highest BCUT2D eigenvalue weighted by Crippen LogP contribution is 2.11. The van der Waals surface area contributed by atoms with Crippen LogP contribution in [0.1, 0.15) is 5.56 Å². The summed E-state index contributed by atoms with van der Waals surface area (Å²) in [7, 11) is 1.83. The minimum atomic E-state index is -0.246. The summed E-state index contributed by atoms with van der Waals surface area (Å²) in [6.07, 6.45) is 5.21. The Kier molecular flexibility index (Phi) is 4.33. The first-order chi connectivity index (χ1) is 11.1. The zero-order chi connectivity index (χ0) is 16.2. The standard InChI is InChI=1S/C15H15FN6S/c1-21-7-6-14(20-21)19-15(23)18-12-8-17-22(10-12)9-11-4-2-3-5-13(11)16/h2-8,10H,9H2,1H3,(H2,18,19,20,23). The monoisotopic (exact) mass is 330 g/mol. The van der Waals surface area contributed by atoms with E-state index < -0.39 is 0 Å². The number of hydrogen-bond donors (Lipinski definition) is 2. The van der Waals surface area contributed by atoms with Crippen molar-refractivity contribution in [3.05, 3.63) is 60.3 Å². The summed E-state index contributed by atoms with van der Waals surface area (Å²) in [4.78, 5) is 0. The van der Waals surface area contributed by atoms with Gasteiger partial charge in [0.15, 0.2) is 10.9 Å². The molecule has 118 valence electrons. The van der Waals surface area contributed by atoms with E-state index in [0.29, 0.717) is 23.0 Å². The van der Waals surface area contributed by atoms with Crippen LogP contribution in [-0.4, -0.2) is 24.7 Å². The number of aryl methyl sites for hydroxylation is 1. The molecule has 8 heteroatoms. The molecule has 6 nitrogen and oxygen atoms in total. The average Bonchev–Trinajstić information content (AvgIpc) is 3.11. The lowest BCUT2D eigenvalue weighted by molar-refractivity contribution is 0.585. The molecule has 3 aromatic rings. The quantitative estimate of drug-likeness (QED) is 0.720. The first kappa shape index (κ1) is 15.2. The molecule has 0 saturated heterocycles. The van der Waals surface area contributed by atoms with E-state index in [1.807, 2.05) is 19.3 Å². The summed E-state index contributed by atoms with van der Waals surface area (Å²) in [5.41, 5.74) is 1.30. The van der Waals surface area contributed by atoms with Gasteiger partial charge >= 0.3 is 0 Å². The molecular formula is C15H15FN6S. The van der Waals surface area contributed by atoms with Crippen molar-refractivity contribution in [1.29, 1.82) is 0 Å². The van der Waals surface area contributed by atoms with Crippen LogP contribution in [0.25, 0.3) is 0 Å². The Balaban J connectivity index is 1.61. The van der Waals surface area contributed by atoms with Crippen molar-refractivity contribution in [2.45, 2.75) is 6.54 Å². The largest absolute Gasteiger partial charge is 0.330 e. The zero-order valence-corrected chi connectivity index (χ0v) is 13.2. The third kappa shape index (κ3) is 3.92. The summed E-state index contributed by atoms with van der Waals surface area (Å²) >= 11 is 5.22. The summed E-state index contributed by atoms with van der Waals surface area (Å²) in [6, 6.07) is 8.44. The van der Waals surface area contributed by atoms with Crippen LogP contribution in [0.15, 0.2) is 48.9 Å². The topological polar surface area (TPSA) is 59.7 Å². The summed E-state index contributed by atoms with van der Waals surface area (Å²) in [5, 5.41) is 14.8. The van der Waals surface area contributed by atoms with Crippen LogP contribution in [0.5, 0.6) is 0 Å². The second-order valence-corrected chi connectivity index (χ2v) is 5.38. The Morgan fingerprint density at radius 3 is 2.83 bits per heavy atom. The molecule has 2 N–H and O–H groups in total. The average molecular weight is 330 g/mol. The van der Waals surface area contributed by atoms with Crippen LogP contribution in [0.4, 0.5) is 15.9 Å². The van der Waals surface area contributed by atoms with Crippen LogP contribution in [-0.2, 0) is 13.6 Å². The number of aromatic nitrogens is 4. The van der Waals surface area contributed by atoms with Crippen LogP contribution >= 0.6 is 12.2 Å². The molecule has 0 saturated carbocycles. The van der Waals surface area contributed by atoms with E-state index >= 15 is 0 Å². The summed E-state index contributed by atoms with van der Waals surface area (Å²) < 4.78 is 17.0. The Bertz CT molecular complexity index is 825. The maximum atomic E-state index is 13.6. The van der Waals surface area contributed by atoms with Gasteiger partial charge in [0.1, 0.15) is 5.82 Å². The Labute approximate surface area is 137 Å². The minimum Gasteiger partial charge on any atom is -0.330 e. The van der Waals surface area contributed by atoms with Crippen molar-refractivity contribution in [3.8, 4) is 0 Å². The van der Waals surface area contributed by atoms with Gasteiger partial charge < -0.3 is 10.6 Å². The molecule has 0 fully saturated rings. The normalized spacial score (nSPS) is 10.5. The van der Waals surface area contributed by atoms with Gasteiger partial charge in [0.05, 0.1) is 18.4 Å². The molecular weight excluding hydrogens is 315 g/mol. The highest BCUT2D eigenvalue weighted by molar-refractivity contribution is 7.80. The molecule has 0 amide bonds. The van der Waals surface area contributed by atoms with Gasteiger partial charge in [-0.05, 0) is 18.3 Å². The fourth-order valence-corrected chi connectivity index (χ4v) is 2.30. The Morgan fingerprint density at radius 1 is 1.26 bits per heavy atom. The van der Waals surface area contributed by atoms with Crippen molar-refractivity contribution in [1.82, 2.24) is 19.6 Å². The molecule has 0 aliphatic carbocycles. The van der Waals surface area contributed by atoms with E-state index in [2.05, 4.69) is 20.8 Å². The number of rotatable bonds is 4. The maximum Gasteiger partial charge on any atom is 0.176 e.